The summed E-state index contributed by atoms with van der Waals surface area (Å²) in [4.78, 5) is 10.6. The van der Waals surface area contributed by atoms with Crippen molar-refractivity contribution >= 4 is 23.8 Å². The topological polar surface area (TPSA) is 76.7 Å². The number of primary amides is 1. The number of halogens is 1. The smallest absolute Gasteiger partial charge is 0.332 e. The van der Waals surface area contributed by atoms with E-state index in [1.165, 1.54) is 6.21 Å². The van der Waals surface area contributed by atoms with E-state index >= 15 is 0 Å². The summed E-state index contributed by atoms with van der Waals surface area (Å²) in [5, 5.41) is 4.37. The van der Waals surface area contributed by atoms with Gasteiger partial charge in [-0.05, 0) is 18.2 Å². The standard InChI is InChI=1S/C15H14ClN3O2/c16-13-7-3-1-6-12(13)10-21-14-8-4-2-5-11(14)9-18-19-15(17)20/h1-9H,10H2,(H3,17,19,20)/b18-9+. The zero-order valence-electron chi connectivity index (χ0n) is 11.1. The molecule has 5 nitrogen and oxygen atoms in total. The number of urea groups is 1. The molecule has 0 fully saturated rings. The number of carbonyl (C=O) groups excluding carboxylic acids is 1. The maximum Gasteiger partial charge on any atom is 0.332 e. The van der Waals surface area contributed by atoms with E-state index < -0.39 is 6.03 Å². The normalized spacial score (nSPS) is 10.5. The van der Waals surface area contributed by atoms with E-state index in [2.05, 4.69) is 10.5 Å². The summed E-state index contributed by atoms with van der Waals surface area (Å²) in [6, 6.07) is 14.1. The van der Waals surface area contributed by atoms with Crippen LogP contribution in [0.1, 0.15) is 11.1 Å². The Morgan fingerprint density at radius 3 is 2.71 bits per heavy atom. The van der Waals surface area contributed by atoms with Crippen molar-refractivity contribution in [2.75, 3.05) is 0 Å². The van der Waals surface area contributed by atoms with Crippen LogP contribution in [0.5, 0.6) is 5.75 Å². The highest BCUT2D eigenvalue weighted by Crippen LogP contribution is 2.20. The van der Waals surface area contributed by atoms with Gasteiger partial charge in [0.15, 0.2) is 0 Å². The van der Waals surface area contributed by atoms with Crippen molar-refractivity contribution in [2.24, 2.45) is 10.8 Å². The molecule has 2 aromatic rings. The van der Waals surface area contributed by atoms with Crippen LogP contribution in [0.4, 0.5) is 4.79 Å². The van der Waals surface area contributed by atoms with Crippen LogP contribution < -0.4 is 15.9 Å². The Bertz CT molecular complexity index is 659. The van der Waals surface area contributed by atoms with E-state index in [-0.39, 0.29) is 0 Å². The molecule has 0 saturated heterocycles. The second-order valence-corrected chi connectivity index (χ2v) is 4.56. The second kappa shape index (κ2) is 7.31. The lowest BCUT2D eigenvalue weighted by atomic mass is 10.2. The van der Waals surface area contributed by atoms with Gasteiger partial charge in [-0.1, -0.05) is 41.9 Å². The molecule has 0 aliphatic carbocycles. The van der Waals surface area contributed by atoms with Gasteiger partial charge < -0.3 is 10.5 Å². The number of carbonyl (C=O) groups is 1. The third-order valence-corrected chi connectivity index (χ3v) is 3.01. The van der Waals surface area contributed by atoms with Crippen LogP contribution in [-0.4, -0.2) is 12.2 Å². The number of hydrogen-bond donors (Lipinski definition) is 2. The first-order chi connectivity index (χ1) is 10.2. The summed E-state index contributed by atoms with van der Waals surface area (Å²) in [7, 11) is 0. The fourth-order valence-corrected chi connectivity index (χ4v) is 1.85. The molecule has 6 heteroatoms. The van der Waals surface area contributed by atoms with Gasteiger partial charge in [-0.25, -0.2) is 10.2 Å². The summed E-state index contributed by atoms with van der Waals surface area (Å²) in [6.07, 6.45) is 1.46. The van der Waals surface area contributed by atoms with Gasteiger partial charge in [0.05, 0.1) is 6.21 Å². The average Bonchev–Trinajstić information content (AvgIpc) is 2.47. The molecule has 2 amide bonds. The molecular weight excluding hydrogens is 290 g/mol. The number of para-hydroxylation sites is 1. The molecule has 0 atom stereocenters. The third kappa shape index (κ3) is 4.50. The van der Waals surface area contributed by atoms with E-state index in [1.807, 2.05) is 48.5 Å². The average molecular weight is 304 g/mol. The predicted molar refractivity (Wildman–Crippen MR) is 82.5 cm³/mol. The van der Waals surface area contributed by atoms with E-state index in [0.29, 0.717) is 17.4 Å². The Labute approximate surface area is 127 Å². The molecule has 0 heterocycles. The second-order valence-electron chi connectivity index (χ2n) is 4.15. The first kappa shape index (κ1) is 14.9. The van der Waals surface area contributed by atoms with Crippen LogP contribution in [0.15, 0.2) is 53.6 Å². The molecule has 0 bridgehead atoms. The molecule has 0 aliphatic heterocycles. The molecule has 0 unspecified atom stereocenters. The highest BCUT2D eigenvalue weighted by molar-refractivity contribution is 6.31. The molecular formula is C15H14ClN3O2. The Morgan fingerprint density at radius 1 is 1.24 bits per heavy atom. The number of rotatable bonds is 5. The first-order valence-electron chi connectivity index (χ1n) is 6.20. The van der Waals surface area contributed by atoms with Gasteiger partial charge in [0.1, 0.15) is 12.4 Å². The van der Waals surface area contributed by atoms with Gasteiger partial charge in [-0.2, -0.15) is 5.10 Å². The van der Waals surface area contributed by atoms with Crippen LogP contribution in [0.3, 0.4) is 0 Å². The Morgan fingerprint density at radius 2 is 1.95 bits per heavy atom. The predicted octanol–water partition coefficient (Wildman–Crippen LogP) is 2.92. The summed E-state index contributed by atoms with van der Waals surface area (Å²) < 4.78 is 5.74. The molecule has 2 aromatic carbocycles. The highest BCUT2D eigenvalue weighted by atomic mass is 35.5. The molecule has 0 aromatic heterocycles. The number of hydrogen-bond acceptors (Lipinski definition) is 3. The largest absolute Gasteiger partial charge is 0.488 e. The van der Waals surface area contributed by atoms with E-state index in [1.54, 1.807) is 0 Å². The number of nitrogens with zero attached hydrogens (tertiary/aromatic N) is 1. The van der Waals surface area contributed by atoms with Crippen LogP contribution in [-0.2, 0) is 6.61 Å². The van der Waals surface area contributed by atoms with Gasteiger partial charge in [-0.3, -0.25) is 0 Å². The molecule has 0 aliphatic rings. The van der Waals surface area contributed by atoms with Crippen LogP contribution in [0.25, 0.3) is 0 Å². The van der Waals surface area contributed by atoms with Crippen molar-refractivity contribution in [3.05, 3.63) is 64.7 Å². The van der Waals surface area contributed by atoms with Crippen molar-refractivity contribution < 1.29 is 9.53 Å². The number of nitrogens with two attached hydrogens (primary N) is 1. The molecule has 0 radical (unpaired) electrons. The van der Waals surface area contributed by atoms with Gasteiger partial charge in [0.2, 0.25) is 0 Å². The van der Waals surface area contributed by atoms with Crippen molar-refractivity contribution in [3.8, 4) is 5.75 Å². The number of nitrogens with one attached hydrogen (secondary N) is 1. The minimum Gasteiger partial charge on any atom is -0.488 e. The zero-order valence-corrected chi connectivity index (χ0v) is 11.9. The van der Waals surface area contributed by atoms with Crippen molar-refractivity contribution in [2.45, 2.75) is 6.61 Å². The molecule has 3 N–H and O–H groups in total. The Balaban J connectivity index is 2.08. The van der Waals surface area contributed by atoms with Gasteiger partial charge in [-0.15, -0.1) is 0 Å². The lowest BCUT2D eigenvalue weighted by Gasteiger charge is -2.09. The lowest BCUT2D eigenvalue weighted by molar-refractivity contribution is 0.249. The molecule has 2 rings (SSSR count). The molecule has 21 heavy (non-hydrogen) atoms. The van der Waals surface area contributed by atoms with Gasteiger partial charge in [0, 0.05) is 16.1 Å². The Kier molecular flexibility index (Phi) is 5.17. The fraction of sp³-hybridized carbons (Fsp3) is 0.0667. The number of hydrazone groups is 1. The molecule has 108 valence electrons. The monoisotopic (exact) mass is 303 g/mol. The van der Waals surface area contributed by atoms with Crippen LogP contribution in [0, 0.1) is 0 Å². The van der Waals surface area contributed by atoms with E-state index in [9.17, 15) is 4.79 Å². The van der Waals surface area contributed by atoms with Crippen molar-refractivity contribution in [1.29, 1.82) is 0 Å². The minimum atomic E-state index is -0.722. The van der Waals surface area contributed by atoms with Crippen molar-refractivity contribution in [3.63, 3.8) is 0 Å². The van der Waals surface area contributed by atoms with E-state index in [0.717, 1.165) is 11.1 Å². The van der Waals surface area contributed by atoms with Gasteiger partial charge in [0.25, 0.3) is 0 Å². The van der Waals surface area contributed by atoms with Crippen molar-refractivity contribution in [1.82, 2.24) is 5.43 Å². The number of ether oxygens (including phenoxy) is 1. The summed E-state index contributed by atoms with van der Waals surface area (Å²) in [5.41, 5.74) is 8.68. The van der Waals surface area contributed by atoms with Crippen LogP contribution >= 0.6 is 11.6 Å². The zero-order chi connectivity index (χ0) is 15.1. The summed E-state index contributed by atoms with van der Waals surface area (Å²) in [6.45, 7) is 0.341. The third-order valence-electron chi connectivity index (χ3n) is 2.64. The number of amides is 2. The van der Waals surface area contributed by atoms with Crippen LogP contribution in [0.2, 0.25) is 5.02 Å². The first-order valence-corrected chi connectivity index (χ1v) is 6.58. The quantitative estimate of drug-likeness (QED) is 0.658. The summed E-state index contributed by atoms with van der Waals surface area (Å²) >= 11 is 6.08. The van der Waals surface area contributed by atoms with Gasteiger partial charge >= 0.3 is 6.03 Å². The summed E-state index contributed by atoms with van der Waals surface area (Å²) in [5.74, 6) is 0.632. The Hall–Kier alpha value is -2.53. The molecule has 0 spiro atoms. The fourth-order valence-electron chi connectivity index (χ4n) is 1.66. The maximum absolute atomic E-state index is 10.6. The van der Waals surface area contributed by atoms with E-state index in [4.69, 9.17) is 22.1 Å². The SMILES string of the molecule is NC(=O)N/N=C/c1ccccc1OCc1ccccc1Cl. The maximum atomic E-state index is 10.6. The highest BCUT2D eigenvalue weighted by Gasteiger charge is 2.03. The lowest BCUT2D eigenvalue weighted by Crippen LogP contribution is -2.24. The number of benzene rings is 2. The molecule has 0 saturated carbocycles. The minimum absolute atomic E-state index is 0.341.